The molecule has 2 rings (SSSR count). The summed E-state index contributed by atoms with van der Waals surface area (Å²) < 4.78 is 6.45. The topological polar surface area (TPSA) is 67.4 Å². The molecule has 2 N–H and O–H groups in total. The number of aryl methyl sites for hydroxylation is 1. The zero-order valence-electron chi connectivity index (χ0n) is 12.9. The Morgan fingerprint density at radius 3 is 2.61 bits per heavy atom. The molecule has 0 spiro atoms. The summed E-state index contributed by atoms with van der Waals surface area (Å²) in [4.78, 5) is 23.8. The van der Waals surface area contributed by atoms with Crippen LogP contribution in [0, 0.1) is 6.92 Å². The first-order valence-electron chi connectivity index (χ1n) is 7.01. The Labute approximate surface area is 143 Å². The Kier molecular flexibility index (Phi) is 5.76. The molecule has 0 atom stereocenters. The van der Waals surface area contributed by atoms with Crippen molar-refractivity contribution in [3.05, 3.63) is 58.1 Å². The van der Waals surface area contributed by atoms with Crippen LogP contribution in [-0.2, 0) is 4.79 Å². The third kappa shape index (κ3) is 4.56. The van der Waals surface area contributed by atoms with E-state index in [1.165, 1.54) is 0 Å². The highest BCUT2D eigenvalue weighted by Crippen LogP contribution is 2.21. The molecule has 2 amide bonds. The molecular weight excluding hydrogens is 360 g/mol. The van der Waals surface area contributed by atoms with Crippen LogP contribution in [0.1, 0.15) is 15.9 Å². The van der Waals surface area contributed by atoms with Crippen molar-refractivity contribution in [1.29, 1.82) is 0 Å². The van der Waals surface area contributed by atoms with E-state index in [4.69, 9.17) is 4.74 Å². The van der Waals surface area contributed by atoms with E-state index >= 15 is 0 Å². The van der Waals surface area contributed by atoms with Gasteiger partial charge in [-0.05, 0) is 42.8 Å². The molecule has 0 aliphatic heterocycles. The van der Waals surface area contributed by atoms with Crippen molar-refractivity contribution in [2.45, 2.75) is 6.92 Å². The zero-order valence-corrected chi connectivity index (χ0v) is 14.4. The summed E-state index contributed by atoms with van der Waals surface area (Å²) in [6, 6.07) is 12.3. The van der Waals surface area contributed by atoms with Crippen LogP contribution in [0.25, 0.3) is 0 Å². The second-order valence-corrected chi connectivity index (χ2v) is 5.73. The van der Waals surface area contributed by atoms with Gasteiger partial charge in [0.05, 0.1) is 11.3 Å². The van der Waals surface area contributed by atoms with Gasteiger partial charge in [-0.2, -0.15) is 0 Å². The number of hydrogen-bond acceptors (Lipinski definition) is 3. The fraction of sp³-hybridized carbons (Fsp3) is 0.176. The number of amides is 2. The van der Waals surface area contributed by atoms with Gasteiger partial charge in [0.2, 0.25) is 0 Å². The fourth-order valence-corrected chi connectivity index (χ4v) is 2.21. The minimum atomic E-state index is -0.332. The van der Waals surface area contributed by atoms with E-state index < -0.39 is 0 Å². The van der Waals surface area contributed by atoms with Crippen LogP contribution in [0.15, 0.2) is 46.9 Å². The highest BCUT2D eigenvalue weighted by Gasteiger charge is 2.12. The van der Waals surface area contributed by atoms with Crippen molar-refractivity contribution in [2.75, 3.05) is 19.0 Å². The van der Waals surface area contributed by atoms with E-state index in [2.05, 4.69) is 26.6 Å². The molecule has 23 heavy (non-hydrogen) atoms. The number of carbonyl (C=O) groups is 2. The minimum Gasteiger partial charge on any atom is -0.484 e. The normalized spacial score (nSPS) is 10.0. The molecular formula is C17H17BrN2O3. The Morgan fingerprint density at radius 1 is 1.17 bits per heavy atom. The molecule has 0 aliphatic rings. The van der Waals surface area contributed by atoms with Gasteiger partial charge in [-0.3, -0.25) is 9.59 Å². The molecule has 6 heteroatoms. The van der Waals surface area contributed by atoms with Crippen LogP contribution < -0.4 is 15.4 Å². The predicted octanol–water partition coefficient (Wildman–Crippen LogP) is 3.13. The molecule has 0 unspecified atom stereocenters. The molecule has 0 aromatic heterocycles. The second-order valence-electron chi connectivity index (χ2n) is 4.87. The van der Waals surface area contributed by atoms with Crippen LogP contribution in [0.3, 0.4) is 0 Å². The Bertz CT molecular complexity index is 732. The lowest BCUT2D eigenvalue weighted by Gasteiger charge is -2.11. The fourth-order valence-electron chi connectivity index (χ4n) is 1.97. The maximum Gasteiger partial charge on any atom is 0.262 e. The van der Waals surface area contributed by atoms with E-state index in [-0.39, 0.29) is 18.4 Å². The SMILES string of the molecule is CNC(=O)c1ccccc1NC(=O)COc1ccc(Br)c(C)c1. The number of benzene rings is 2. The van der Waals surface area contributed by atoms with E-state index in [0.29, 0.717) is 17.0 Å². The largest absolute Gasteiger partial charge is 0.484 e. The first-order chi connectivity index (χ1) is 11.0. The summed E-state index contributed by atoms with van der Waals surface area (Å²) in [5.41, 5.74) is 1.88. The van der Waals surface area contributed by atoms with Gasteiger partial charge in [0.15, 0.2) is 6.61 Å². The van der Waals surface area contributed by atoms with Crippen molar-refractivity contribution < 1.29 is 14.3 Å². The van der Waals surface area contributed by atoms with Crippen LogP contribution in [0.2, 0.25) is 0 Å². The molecule has 0 saturated heterocycles. The molecule has 2 aromatic rings. The average Bonchev–Trinajstić information content (AvgIpc) is 2.55. The lowest BCUT2D eigenvalue weighted by Crippen LogP contribution is -2.24. The van der Waals surface area contributed by atoms with Crippen LogP contribution >= 0.6 is 15.9 Å². The van der Waals surface area contributed by atoms with Crippen LogP contribution in [0.5, 0.6) is 5.75 Å². The number of anilines is 1. The van der Waals surface area contributed by atoms with Gasteiger partial charge in [-0.15, -0.1) is 0 Å². The number of hydrogen-bond donors (Lipinski definition) is 2. The monoisotopic (exact) mass is 376 g/mol. The second kappa shape index (κ2) is 7.78. The Morgan fingerprint density at radius 2 is 1.91 bits per heavy atom. The predicted molar refractivity (Wildman–Crippen MR) is 92.8 cm³/mol. The van der Waals surface area contributed by atoms with Gasteiger partial charge in [0.25, 0.3) is 11.8 Å². The number of ether oxygens (including phenoxy) is 1. The molecule has 5 nitrogen and oxygen atoms in total. The van der Waals surface area contributed by atoms with Gasteiger partial charge in [-0.25, -0.2) is 0 Å². The van der Waals surface area contributed by atoms with Crippen molar-refractivity contribution in [3.63, 3.8) is 0 Å². The first-order valence-corrected chi connectivity index (χ1v) is 7.80. The number of halogens is 1. The molecule has 0 radical (unpaired) electrons. The van der Waals surface area contributed by atoms with Crippen LogP contribution in [0.4, 0.5) is 5.69 Å². The molecule has 0 heterocycles. The van der Waals surface area contributed by atoms with E-state index in [9.17, 15) is 9.59 Å². The quantitative estimate of drug-likeness (QED) is 0.842. The van der Waals surface area contributed by atoms with Crippen molar-refractivity contribution in [1.82, 2.24) is 5.32 Å². The third-order valence-corrected chi connectivity index (χ3v) is 4.06. The summed E-state index contributed by atoms with van der Waals surface area (Å²) in [6.45, 7) is 1.81. The number of nitrogens with one attached hydrogen (secondary N) is 2. The Hall–Kier alpha value is -2.34. The molecule has 120 valence electrons. The van der Waals surface area contributed by atoms with Gasteiger partial charge in [0.1, 0.15) is 5.75 Å². The average molecular weight is 377 g/mol. The van der Waals surface area contributed by atoms with Gasteiger partial charge in [0, 0.05) is 11.5 Å². The van der Waals surface area contributed by atoms with E-state index in [1.807, 2.05) is 19.1 Å². The van der Waals surface area contributed by atoms with Crippen molar-refractivity contribution >= 4 is 33.4 Å². The minimum absolute atomic E-state index is 0.136. The number of carbonyl (C=O) groups excluding carboxylic acids is 2. The first kappa shape index (κ1) is 17.0. The summed E-state index contributed by atoms with van der Waals surface area (Å²) in [6.07, 6.45) is 0. The van der Waals surface area contributed by atoms with E-state index in [1.54, 1.807) is 37.4 Å². The maximum atomic E-state index is 12.0. The van der Waals surface area contributed by atoms with Gasteiger partial charge in [-0.1, -0.05) is 28.1 Å². The molecule has 2 aromatic carbocycles. The van der Waals surface area contributed by atoms with Gasteiger partial charge >= 0.3 is 0 Å². The standard InChI is InChI=1S/C17H17BrN2O3/c1-11-9-12(7-8-14(11)18)23-10-16(21)20-15-6-4-3-5-13(15)17(22)19-2/h3-9H,10H2,1-2H3,(H,19,22)(H,20,21). The molecule has 0 fully saturated rings. The highest BCUT2D eigenvalue weighted by molar-refractivity contribution is 9.10. The molecule has 0 aliphatic carbocycles. The smallest absolute Gasteiger partial charge is 0.262 e. The summed E-state index contributed by atoms with van der Waals surface area (Å²) in [5.74, 6) is 0.0210. The summed E-state index contributed by atoms with van der Waals surface area (Å²) in [7, 11) is 1.54. The highest BCUT2D eigenvalue weighted by atomic mass is 79.9. The van der Waals surface area contributed by atoms with Crippen LogP contribution in [-0.4, -0.2) is 25.5 Å². The van der Waals surface area contributed by atoms with Gasteiger partial charge < -0.3 is 15.4 Å². The van der Waals surface area contributed by atoms with Crippen molar-refractivity contribution in [3.8, 4) is 5.75 Å². The zero-order chi connectivity index (χ0) is 16.8. The Balaban J connectivity index is 2.00. The van der Waals surface area contributed by atoms with E-state index in [0.717, 1.165) is 10.0 Å². The summed E-state index contributed by atoms with van der Waals surface area (Å²) >= 11 is 3.41. The maximum absolute atomic E-state index is 12.0. The number of para-hydroxylation sites is 1. The lowest BCUT2D eigenvalue weighted by atomic mass is 10.1. The molecule has 0 saturated carbocycles. The van der Waals surface area contributed by atoms with Crippen molar-refractivity contribution in [2.24, 2.45) is 0 Å². The third-order valence-electron chi connectivity index (χ3n) is 3.17. The summed E-state index contributed by atoms with van der Waals surface area (Å²) in [5, 5.41) is 5.23. The molecule has 0 bridgehead atoms. The lowest BCUT2D eigenvalue weighted by molar-refractivity contribution is -0.118. The number of rotatable bonds is 5.